The number of nitrogens with zero attached hydrogens (tertiary/aromatic N) is 4. The van der Waals surface area contributed by atoms with Crippen molar-refractivity contribution in [3.8, 4) is 11.3 Å². The lowest BCUT2D eigenvalue weighted by Crippen LogP contribution is -2.28. The van der Waals surface area contributed by atoms with Crippen molar-refractivity contribution in [1.82, 2.24) is 15.2 Å². The zero-order valence-electron chi connectivity index (χ0n) is 13.3. The molecule has 23 heavy (non-hydrogen) atoms. The Morgan fingerprint density at radius 3 is 3.04 bits per heavy atom. The van der Waals surface area contributed by atoms with Gasteiger partial charge in [-0.1, -0.05) is 12.1 Å². The molecule has 3 rings (SSSR count). The third-order valence-electron chi connectivity index (χ3n) is 4.07. The van der Waals surface area contributed by atoms with E-state index in [1.54, 1.807) is 12.3 Å². The van der Waals surface area contributed by atoms with Crippen LogP contribution in [0.1, 0.15) is 25.7 Å². The second kappa shape index (κ2) is 7.46. The Bertz CT molecular complexity index is 646. The zero-order valence-corrected chi connectivity index (χ0v) is 13.3. The molecule has 1 fully saturated rings. The van der Waals surface area contributed by atoms with Crippen molar-refractivity contribution in [2.24, 2.45) is 0 Å². The normalized spacial score (nSPS) is 17.9. The van der Waals surface area contributed by atoms with Crippen LogP contribution in [-0.2, 0) is 4.74 Å². The van der Waals surface area contributed by atoms with Crippen LogP contribution in [0.4, 0.5) is 10.3 Å². The highest BCUT2D eigenvalue weighted by Crippen LogP contribution is 2.20. The lowest BCUT2D eigenvalue weighted by Gasteiger charge is -2.25. The molecule has 122 valence electrons. The van der Waals surface area contributed by atoms with E-state index in [1.165, 1.54) is 18.6 Å². The Morgan fingerprint density at radius 1 is 1.35 bits per heavy atom. The molecule has 0 saturated carbocycles. The third kappa shape index (κ3) is 4.22. The van der Waals surface area contributed by atoms with Gasteiger partial charge in [0, 0.05) is 25.8 Å². The van der Waals surface area contributed by atoms with Gasteiger partial charge in [-0.25, -0.2) is 9.37 Å². The maximum Gasteiger partial charge on any atom is 0.245 e. The van der Waals surface area contributed by atoms with Gasteiger partial charge in [-0.3, -0.25) is 0 Å². The summed E-state index contributed by atoms with van der Waals surface area (Å²) >= 11 is 0. The molecule has 5 nitrogen and oxygen atoms in total. The number of hydrogen-bond donors (Lipinski definition) is 0. The number of rotatable bonds is 5. The molecule has 2 heterocycles. The fraction of sp³-hybridized carbons (Fsp3) is 0.471. The van der Waals surface area contributed by atoms with E-state index in [0.29, 0.717) is 23.3 Å². The summed E-state index contributed by atoms with van der Waals surface area (Å²) in [5.74, 6) is 0.257. The number of benzene rings is 1. The zero-order chi connectivity index (χ0) is 16.1. The summed E-state index contributed by atoms with van der Waals surface area (Å²) in [7, 11) is 1.94. The first-order valence-electron chi connectivity index (χ1n) is 8.01. The van der Waals surface area contributed by atoms with Crippen LogP contribution < -0.4 is 4.90 Å². The number of aromatic nitrogens is 3. The first-order chi connectivity index (χ1) is 11.2. The predicted octanol–water partition coefficient (Wildman–Crippen LogP) is 3.07. The van der Waals surface area contributed by atoms with Crippen molar-refractivity contribution in [3.63, 3.8) is 0 Å². The Balaban J connectivity index is 1.66. The topological polar surface area (TPSA) is 51.1 Å². The monoisotopic (exact) mass is 316 g/mol. The van der Waals surface area contributed by atoms with E-state index >= 15 is 0 Å². The summed E-state index contributed by atoms with van der Waals surface area (Å²) in [5.41, 5.74) is 1.32. The molecular formula is C17H21FN4O. The number of hydrogen-bond acceptors (Lipinski definition) is 5. The first-order valence-corrected chi connectivity index (χ1v) is 8.01. The SMILES string of the molecule is CN(CCC1CCCCO1)c1nncc(-c2cccc(F)c2)n1. The van der Waals surface area contributed by atoms with Crippen LogP contribution >= 0.6 is 0 Å². The fourth-order valence-corrected chi connectivity index (χ4v) is 2.72. The van der Waals surface area contributed by atoms with Gasteiger partial charge in [0.25, 0.3) is 0 Å². The second-order valence-corrected chi connectivity index (χ2v) is 5.85. The number of halogens is 1. The van der Waals surface area contributed by atoms with Crippen LogP contribution in [0.5, 0.6) is 0 Å². The van der Waals surface area contributed by atoms with E-state index in [-0.39, 0.29) is 5.82 Å². The maximum absolute atomic E-state index is 13.4. The molecule has 6 heteroatoms. The van der Waals surface area contributed by atoms with Gasteiger partial charge in [0.1, 0.15) is 5.82 Å². The predicted molar refractivity (Wildman–Crippen MR) is 86.7 cm³/mol. The molecule has 1 aliphatic heterocycles. The summed E-state index contributed by atoms with van der Waals surface area (Å²) in [6.45, 7) is 1.67. The van der Waals surface area contributed by atoms with Crippen molar-refractivity contribution in [3.05, 3.63) is 36.3 Å². The second-order valence-electron chi connectivity index (χ2n) is 5.85. The molecule has 1 unspecified atom stereocenters. The Hall–Kier alpha value is -2.08. The molecule has 0 spiro atoms. The van der Waals surface area contributed by atoms with E-state index in [4.69, 9.17) is 4.74 Å². The largest absolute Gasteiger partial charge is 0.378 e. The Labute approximate surface area is 135 Å². The highest BCUT2D eigenvalue weighted by molar-refractivity contribution is 5.59. The van der Waals surface area contributed by atoms with Crippen LogP contribution in [-0.4, -0.2) is 41.5 Å². The van der Waals surface area contributed by atoms with Crippen LogP contribution in [0.15, 0.2) is 30.5 Å². The van der Waals surface area contributed by atoms with Crippen LogP contribution in [0, 0.1) is 5.82 Å². The molecule has 1 aliphatic rings. The van der Waals surface area contributed by atoms with Gasteiger partial charge in [0.2, 0.25) is 5.95 Å². The molecule has 1 aromatic carbocycles. The van der Waals surface area contributed by atoms with E-state index in [9.17, 15) is 4.39 Å². The lowest BCUT2D eigenvalue weighted by atomic mass is 10.1. The standard InChI is InChI=1S/C17H21FN4O/c1-22(9-8-15-7-2-3-10-23-15)17-20-16(12-19-21-17)13-5-4-6-14(18)11-13/h4-6,11-12,15H,2-3,7-10H2,1H3. The minimum atomic E-state index is -0.287. The molecule has 0 N–H and O–H groups in total. The van der Waals surface area contributed by atoms with Crippen molar-refractivity contribution in [2.75, 3.05) is 25.1 Å². The van der Waals surface area contributed by atoms with Gasteiger partial charge in [-0.05, 0) is 37.8 Å². The van der Waals surface area contributed by atoms with Gasteiger partial charge in [0.05, 0.1) is 18.0 Å². The average molecular weight is 316 g/mol. The average Bonchev–Trinajstić information content (AvgIpc) is 2.61. The minimum Gasteiger partial charge on any atom is -0.378 e. The van der Waals surface area contributed by atoms with Gasteiger partial charge >= 0.3 is 0 Å². The van der Waals surface area contributed by atoms with Crippen molar-refractivity contribution >= 4 is 5.95 Å². The molecule has 0 radical (unpaired) electrons. The maximum atomic E-state index is 13.4. The van der Waals surface area contributed by atoms with Crippen molar-refractivity contribution < 1.29 is 9.13 Å². The quantitative estimate of drug-likeness (QED) is 0.848. The molecule has 0 bridgehead atoms. The molecule has 1 aromatic heterocycles. The summed E-state index contributed by atoms with van der Waals surface area (Å²) in [5, 5.41) is 8.08. The summed E-state index contributed by atoms with van der Waals surface area (Å²) in [6.07, 6.45) is 6.35. The lowest BCUT2D eigenvalue weighted by molar-refractivity contribution is 0.0126. The smallest absolute Gasteiger partial charge is 0.245 e. The minimum absolute atomic E-state index is 0.287. The van der Waals surface area contributed by atoms with Crippen LogP contribution in [0.25, 0.3) is 11.3 Å². The molecule has 0 amide bonds. The first kappa shape index (κ1) is 15.8. The highest BCUT2D eigenvalue weighted by Gasteiger charge is 2.15. The molecule has 0 aliphatic carbocycles. The van der Waals surface area contributed by atoms with Gasteiger partial charge in [-0.15, -0.1) is 5.10 Å². The fourth-order valence-electron chi connectivity index (χ4n) is 2.72. The van der Waals surface area contributed by atoms with E-state index in [2.05, 4.69) is 15.2 Å². The molecule has 2 aromatic rings. The van der Waals surface area contributed by atoms with E-state index < -0.39 is 0 Å². The number of ether oxygens (including phenoxy) is 1. The summed E-state index contributed by atoms with van der Waals surface area (Å²) in [6, 6.07) is 6.34. The van der Waals surface area contributed by atoms with Gasteiger partial charge < -0.3 is 9.64 Å². The molecular weight excluding hydrogens is 295 g/mol. The summed E-state index contributed by atoms with van der Waals surface area (Å²) in [4.78, 5) is 6.46. The molecule has 1 atom stereocenters. The van der Waals surface area contributed by atoms with Crippen LogP contribution in [0.3, 0.4) is 0 Å². The van der Waals surface area contributed by atoms with Crippen molar-refractivity contribution in [1.29, 1.82) is 0 Å². The van der Waals surface area contributed by atoms with Crippen molar-refractivity contribution in [2.45, 2.75) is 31.8 Å². The summed E-state index contributed by atoms with van der Waals surface area (Å²) < 4.78 is 19.1. The third-order valence-corrected chi connectivity index (χ3v) is 4.07. The Morgan fingerprint density at radius 2 is 2.26 bits per heavy atom. The van der Waals surface area contributed by atoms with Gasteiger partial charge in [0.15, 0.2) is 0 Å². The van der Waals surface area contributed by atoms with Gasteiger partial charge in [-0.2, -0.15) is 5.10 Å². The van der Waals surface area contributed by atoms with E-state index in [0.717, 1.165) is 32.4 Å². The highest BCUT2D eigenvalue weighted by atomic mass is 19.1. The van der Waals surface area contributed by atoms with Crippen LogP contribution in [0.2, 0.25) is 0 Å². The molecule has 1 saturated heterocycles. The van der Waals surface area contributed by atoms with E-state index in [1.807, 2.05) is 18.0 Å². The Kier molecular flexibility index (Phi) is 5.12. The number of anilines is 1.